The van der Waals surface area contributed by atoms with Crippen LogP contribution in [0.25, 0.3) is 145 Å². The number of rotatable bonds is 11. The maximum atomic E-state index is 4.99. The van der Waals surface area contributed by atoms with E-state index in [9.17, 15) is 0 Å². The molecule has 0 radical (unpaired) electrons. The SMILES string of the molecule is Cn1c(-c2[c-]cc(-c3ccccc3-c3cc(-c4ccccc4-c4c[c-]c(-c5nc6ccccc6n5C)cc4)cc(-c4ccccc4-c4c[c-]c(-c5ccccn5)cc4-c4ccc(-c5ccccc5)cc4)c3)cc2)nc2ccccc21.[Ir+3]. The Kier molecular flexibility index (Phi) is 13.6. The molecule has 3 aromatic heterocycles. The number of pyridine rings is 1. The van der Waals surface area contributed by atoms with Crippen LogP contribution in [-0.2, 0) is 34.2 Å². The summed E-state index contributed by atoms with van der Waals surface area (Å²) in [7, 11) is 4.14. The van der Waals surface area contributed by atoms with E-state index in [4.69, 9.17) is 15.0 Å². The molecule has 81 heavy (non-hydrogen) atoms. The average Bonchev–Trinajstić information content (AvgIpc) is 4.20. The number of benzene rings is 11. The summed E-state index contributed by atoms with van der Waals surface area (Å²) < 4.78 is 4.28. The van der Waals surface area contributed by atoms with Gasteiger partial charge in [0.15, 0.2) is 0 Å². The summed E-state index contributed by atoms with van der Waals surface area (Å²) >= 11 is 0. The maximum absolute atomic E-state index is 4.99. The van der Waals surface area contributed by atoms with Gasteiger partial charge in [-0.25, -0.2) is 0 Å². The Morgan fingerprint density at radius 2 is 0.704 bits per heavy atom. The van der Waals surface area contributed by atoms with Gasteiger partial charge in [-0.1, -0.05) is 203 Å². The van der Waals surface area contributed by atoms with Crippen molar-refractivity contribution in [1.29, 1.82) is 0 Å². The standard InChI is InChI=1S/C75H50N5.Ir/c1-79-72-29-14-12-27-70(72)77-74(79)55-39-35-52(36-40-55)61-20-6-8-22-63(61)58-46-59(64-23-9-7-21-62(64)53-37-41-56(42-38-53)75-78-71-28-13-15-30-73(71)80(75)2)48-60(47-58)65-24-10-11-25-66(65)67-44-43-57(69-26-16-17-45-76-69)49-68(67)54-33-31-51(32-34-54)50-18-4-3-5-19-50;/h3-39,41,44-49H,1-2H3;/q-3;+3. The number of imidazole rings is 2. The van der Waals surface area contributed by atoms with E-state index in [2.05, 4.69) is 272 Å². The van der Waals surface area contributed by atoms with Crippen molar-refractivity contribution in [3.8, 4) is 123 Å². The van der Waals surface area contributed by atoms with Crippen molar-refractivity contribution in [3.05, 3.63) is 285 Å². The fourth-order valence-corrected chi connectivity index (χ4v) is 11.4. The number of fused-ring (bicyclic) bond motifs is 2. The van der Waals surface area contributed by atoms with E-state index in [-0.39, 0.29) is 20.1 Å². The molecule has 0 aliphatic carbocycles. The molecule has 0 fully saturated rings. The van der Waals surface area contributed by atoms with Gasteiger partial charge in [0.25, 0.3) is 0 Å². The van der Waals surface area contributed by atoms with Gasteiger partial charge >= 0.3 is 20.1 Å². The van der Waals surface area contributed by atoms with Crippen LogP contribution in [0.5, 0.6) is 0 Å². The third-order valence-electron chi connectivity index (χ3n) is 15.4. The zero-order valence-corrected chi connectivity index (χ0v) is 46.9. The van der Waals surface area contributed by atoms with Crippen LogP contribution in [-0.4, -0.2) is 24.1 Å². The van der Waals surface area contributed by atoms with Crippen LogP contribution in [0.3, 0.4) is 0 Å². The first kappa shape index (κ1) is 50.7. The van der Waals surface area contributed by atoms with Crippen molar-refractivity contribution in [1.82, 2.24) is 24.1 Å². The maximum Gasteiger partial charge on any atom is 3.00 e. The van der Waals surface area contributed by atoms with Crippen molar-refractivity contribution < 1.29 is 20.1 Å². The van der Waals surface area contributed by atoms with Crippen LogP contribution in [0, 0.1) is 18.2 Å². The van der Waals surface area contributed by atoms with Crippen LogP contribution in [0.1, 0.15) is 0 Å². The van der Waals surface area contributed by atoms with E-state index in [1.165, 1.54) is 11.1 Å². The minimum absolute atomic E-state index is 0. The van der Waals surface area contributed by atoms with Crippen LogP contribution in [0.4, 0.5) is 0 Å². The second kappa shape index (κ2) is 21.8. The molecule has 14 aromatic rings. The monoisotopic (exact) mass is 1210 g/mol. The molecule has 0 saturated heterocycles. The van der Waals surface area contributed by atoms with Gasteiger partial charge in [-0.15, -0.1) is 83.4 Å². The van der Waals surface area contributed by atoms with Crippen LogP contribution >= 0.6 is 0 Å². The van der Waals surface area contributed by atoms with Gasteiger partial charge in [0.05, 0.1) is 33.7 Å². The van der Waals surface area contributed by atoms with Gasteiger partial charge in [-0.2, -0.15) is 0 Å². The summed E-state index contributed by atoms with van der Waals surface area (Å²) in [5, 5.41) is 0. The Morgan fingerprint density at radius 1 is 0.296 bits per heavy atom. The predicted molar refractivity (Wildman–Crippen MR) is 329 cm³/mol. The zero-order chi connectivity index (χ0) is 53.5. The summed E-state index contributed by atoms with van der Waals surface area (Å²) in [5.41, 5.74) is 25.5. The van der Waals surface area contributed by atoms with Crippen molar-refractivity contribution in [2.75, 3.05) is 0 Å². The summed E-state index contributed by atoms with van der Waals surface area (Å²) in [6.07, 6.45) is 1.84. The third kappa shape index (κ3) is 9.61. The van der Waals surface area contributed by atoms with Crippen molar-refractivity contribution in [2.24, 2.45) is 14.1 Å². The average molecular weight is 1210 g/mol. The van der Waals surface area contributed by atoms with Crippen LogP contribution < -0.4 is 0 Å². The molecule has 0 bridgehead atoms. The number of aryl methyl sites for hydroxylation is 2. The number of hydrogen-bond donors (Lipinski definition) is 0. The van der Waals surface area contributed by atoms with E-state index in [1.807, 2.05) is 36.5 Å². The number of nitrogens with zero attached hydrogens (tertiary/aromatic N) is 5. The first-order valence-corrected chi connectivity index (χ1v) is 26.9. The molecule has 11 aromatic carbocycles. The van der Waals surface area contributed by atoms with Crippen molar-refractivity contribution in [2.45, 2.75) is 0 Å². The fourth-order valence-electron chi connectivity index (χ4n) is 11.4. The first-order valence-electron chi connectivity index (χ1n) is 26.9. The second-order valence-electron chi connectivity index (χ2n) is 20.2. The molecule has 0 N–H and O–H groups in total. The van der Waals surface area contributed by atoms with Gasteiger partial charge in [0.1, 0.15) is 0 Å². The normalized spacial score (nSPS) is 11.2. The van der Waals surface area contributed by atoms with Crippen LogP contribution in [0.15, 0.2) is 267 Å². The van der Waals surface area contributed by atoms with E-state index in [0.29, 0.717) is 0 Å². The summed E-state index contributed by atoms with van der Waals surface area (Å²) in [6.45, 7) is 0. The number of hydrogen-bond acceptors (Lipinski definition) is 3. The van der Waals surface area contributed by atoms with Gasteiger partial charge in [-0.05, 0) is 104 Å². The molecule has 0 atom stereocenters. The third-order valence-corrected chi connectivity index (χ3v) is 15.4. The van der Waals surface area contributed by atoms with Gasteiger partial charge in [0, 0.05) is 20.3 Å². The molecule has 3 heterocycles. The molecule has 0 aliphatic rings. The molecular weight excluding hydrogens is 1160 g/mol. The minimum Gasteiger partial charge on any atom is -0.367 e. The van der Waals surface area contributed by atoms with Gasteiger partial charge < -0.3 is 14.1 Å². The second-order valence-corrected chi connectivity index (χ2v) is 20.2. The molecule has 0 spiro atoms. The Balaban J connectivity index is 0.00000618. The Bertz CT molecular complexity index is 4390. The van der Waals surface area contributed by atoms with Crippen molar-refractivity contribution >= 4 is 22.1 Å². The molecule has 14 rings (SSSR count). The Morgan fingerprint density at radius 3 is 1.19 bits per heavy atom. The first-order chi connectivity index (χ1) is 39.5. The zero-order valence-electron chi connectivity index (χ0n) is 44.5. The van der Waals surface area contributed by atoms with Crippen LogP contribution in [0.2, 0.25) is 0 Å². The molecule has 0 aliphatic heterocycles. The smallest absolute Gasteiger partial charge is 0.367 e. The minimum atomic E-state index is 0. The topological polar surface area (TPSA) is 48.5 Å². The van der Waals surface area contributed by atoms with E-state index in [0.717, 1.165) is 134 Å². The largest absolute Gasteiger partial charge is 3.00 e. The summed E-state index contributed by atoms with van der Waals surface area (Å²) in [4.78, 5) is 14.7. The Hall–Kier alpha value is -9.84. The quantitative estimate of drug-likeness (QED) is 0.121. The number of aromatic nitrogens is 5. The Labute approximate surface area is 485 Å². The van der Waals surface area contributed by atoms with E-state index < -0.39 is 0 Å². The number of para-hydroxylation sites is 4. The van der Waals surface area contributed by atoms with Gasteiger partial charge in [0.2, 0.25) is 0 Å². The van der Waals surface area contributed by atoms with Crippen molar-refractivity contribution in [3.63, 3.8) is 0 Å². The fraction of sp³-hybridized carbons (Fsp3) is 0.0267. The summed E-state index contributed by atoms with van der Waals surface area (Å²) in [6, 6.07) is 104. The molecule has 0 unspecified atom stereocenters. The van der Waals surface area contributed by atoms with E-state index in [1.54, 1.807) is 0 Å². The molecule has 6 heteroatoms. The predicted octanol–water partition coefficient (Wildman–Crippen LogP) is 18.6. The summed E-state index contributed by atoms with van der Waals surface area (Å²) in [5.74, 6) is 1.77. The molecular formula is C75H50IrN5. The molecule has 384 valence electrons. The molecule has 5 nitrogen and oxygen atoms in total. The molecule has 0 saturated carbocycles. The van der Waals surface area contributed by atoms with E-state index >= 15 is 0 Å². The van der Waals surface area contributed by atoms with Gasteiger partial charge in [-0.3, -0.25) is 9.97 Å². The molecule has 0 amide bonds.